The summed E-state index contributed by atoms with van der Waals surface area (Å²) in [5.41, 5.74) is 1.83. The summed E-state index contributed by atoms with van der Waals surface area (Å²) >= 11 is 0. The van der Waals surface area contributed by atoms with Gasteiger partial charge >= 0.3 is 5.97 Å². The van der Waals surface area contributed by atoms with Crippen LogP contribution in [0.1, 0.15) is 17.5 Å². The summed E-state index contributed by atoms with van der Waals surface area (Å²) in [7, 11) is 0. The summed E-state index contributed by atoms with van der Waals surface area (Å²) in [4.78, 5) is 39.3. The van der Waals surface area contributed by atoms with Gasteiger partial charge in [-0.1, -0.05) is 24.3 Å². The van der Waals surface area contributed by atoms with Crippen LogP contribution >= 0.6 is 0 Å². The number of carbonyl (C=O) groups is 3. The van der Waals surface area contributed by atoms with Crippen molar-refractivity contribution in [3.63, 3.8) is 0 Å². The molecule has 0 unspecified atom stereocenters. The van der Waals surface area contributed by atoms with Crippen molar-refractivity contribution in [3.8, 4) is 5.75 Å². The highest BCUT2D eigenvalue weighted by Gasteiger charge is 2.67. The summed E-state index contributed by atoms with van der Waals surface area (Å²) in [5, 5.41) is 0. The molecule has 5 aliphatic rings. The molecule has 0 aromatic heterocycles. The number of hydrogen-bond acceptors (Lipinski definition) is 4. The van der Waals surface area contributed by atoms with E-state index < -0.39 is 5.97 Å². The molecule has 0 radical (unpaired) electrons. The van der Waals surface area contributed by atoms with Crippen LogP contribution in [-0.4, -0.2) is 29.2 Å². The first kappa shape index (κ1) is 15.8. The van der Waals surface area contributed by atoms with Crippen molar-refractivity contribution >= 4 is 17.8 Å². The highest BCUT2D eigenvalue weighted by molar-refractivity contribution is 6.08. The van der Waals surface area contributed by atoms with Gasteiger partial charge in [0.2, 0.25) is 11.8 Å². The molecular weight excluding hydrogens is 330 g/mol. The molecule has 2 amide bonds. The summed E-state index contributed by atoms with van der Waals surface area (Å²) in [6.45, 7) is 3.48. The molecule has 26 heavy (non-hydrogen) atoms. The van der Waals surface area contributed by atoms with E-state index in [2.05, 4.69) is 12.2 Å². The standard InChI is InChI=1S/C21H21NO4/c1-10-3-4-11(2)16(7-10)26-17(23)9-22-20(24)18-12-5-6-13(15-8-14(12)15)19(18)21(22)25/h3-7,12-15,18-19H,8-9H2,1-2H3/t12-,13-,14-,15-,18-,19+/m0/s1. The lowest BCUT2D eigenvalue weighted by Gasteiger charge is -2.37. The number of aryl methyl sites for hydroxylation is 2. The number of ether oxygens (including phenoxy) is 1. The molecule has 5 nitrogen and oxygen atoms in total. The van der Waals surface area contributed by atoms with Crippen LogP contribution < -0.4 is 4.74 Å². The maximum Gasteiger partial charge on any atom is 0.331 e. The molecule has 4 aliphatic carbocycles. The van der Waals surface area contributed by atoms with Gasteiger partial charge in [-0.15, -0.1) is 0 Å². The second kappa shape index (κ2) is 5.29. The van der Waals surface area contributed by atoms with E-state index in [4.69, 9.17) is 4.74 Å². The molecule has 1 heterocycles. The lowest BCUT2D eigenvalue weighted by molar-refractivity contribution is -0.148. The maximum atomic E-state index is 12.9. The van der Waals surface area contributed by atoms with Gasteiger partial charge in [0, 0.05) is 0 Å². The number of likely N-dealkylation sites (tertiary alicyclic amines) is 1. The number of hydrogen-bond donors (Lipinski definition) is 0. The molecule has 1 aliphatic heterocycles. The molecule has 6 atom stereocenters. The monoisotopic (exact) mass is 351 g/mol. The van der Waals surface area contributed by atoms with E-state index in [-0.39, 0.29) is 42.0 Å². The topological polar surface area (TPSA) is 63.7 Å². The summed E-state index contributed by atoms with van der Waals surface area (Å²) in [6.07, 6.45) is 5.39. The molecule has 1 saturated heterocycles. The van der Waals surface area contributed by atoms with E-state index in [1.165, 1.54) is 0 Å². The Hall–Kier alpha value is -2.43. The third-order valence-electron chi connectivity index (χ3n) is 6.61. The number of amides is 2. The Morgan fingerprint density at radius 3 is 2.31 bits per heavy atom. The van der Waals surface area contributed by atoms with E-state index in [1.54, 1.807) is 6.07 Å². The molecule has 1 aromatic rings. The highest BCUT2D eigenvalue weighted by atomic mass is 16.5. The maximum absolute atomic E-state index is 12.9. The molecule has 1 aromatic carbocycles. The van der Waals surface area contributed by atoms with Gasteiger partial charge in [0.1, 0.15) is 12.3 Å². The molecule has 3 fully saturated rings. The summed E-state index contributed by atoms with van der Waals surface area (Å²) in [5.74, 6) is 0.460. The van der Waals surface area contributed by atoms with Gasteiger partial charge in [-0.2, -0.15) is 0 Å². The number of carbonyl (C=O) groups excluding carboxylic acids is 3. The van der Waals surface area contributed by atoms with Crippen LogP contribution in [0, 0.1) is 49.4 Å². The Balaban J connectivity index is 1.34. The highest BCUT2D eigenvalue weighted by Crippen LogP contribution is 2.65. The van der Waals surface area contributed by atoms with E-state index >= 15 is 0 Å². The SMILES string of the molecule is Cc1ccc(C)c(OC(=O)CN2C(=O)[C@@H]3[C@H]4C=C[C@@H]([C@@H]5C[C@@H]45)[C@@H]3C2=O)c1. The van der Waals surface area contributed by atoms with Gasteiger partial charge < -0.3 is 4.74 Å². The Morgan fingerprint density at radius 2 is 1.69 bits per heavy atom. The van der Waals surface area contributed by atoms with Gasteiger partial charge in [0.15, 0.2) is 0 Å². The van der Waals surface area contributed by atoms with Crippen molar-refractivity contribution in [2.24, 2.45) is 35.5 Å². The normalized spacial score (nSPS) is 36.2. The lowest BCUT2D eigenvalue weighted by Crippen LogP contribution is -2.40. The second-order valence-electron chi connectivity index (χ2n) is 8.16. The minimum atomic E-state index is -0.565. The largest absolute Gasteiger partial charge is 0.425 e. The van der Waals surface area contributed by atoms with Crippen LogP contribution in [0.5, 0.6) is 5.75 Å². The fourth-order valence-electron chi connectivity index (χ4n) is 5.28. The van der Waals surface area contributed by atoms with Crippen molar-refractivity contribution in [2.75, 3.05) is 6.54 Å². The van der Waals surface area contributed by atoms with Crippen LogP contribution in [0.4, 0.5) is 0 Å². The van der Waals surface area contributed by atoms with Crippen LogP contribution in [0.25, 0.3) is 0 Å². The second-order valence-corrected chi connectivity index (χ2v) is 8.16. The number of esters is 1. The quantitative estimate of drug-likeness (QED) is 0.363. The van der Waals surface area contributed by atoms with Crippen molar-refractivity contribution in [1.82, 2.24) is 4.90 Å². The van der Waals surface area contributed by atoms with Crippen molar-refractivity contribution in [3.05, 3.63) is 41.5 Å². The van der Waals surface area contributed by atoms with Crippen molar-refractivity contribution < 1.29 is 19.1 Å². The molecule has 134 valence electrons. The number of benzene rings is 1. The third kappa shape index (κ3) is 2.12. The molecule has 2 saturated carbocycles. The fourth-order valence-corrected chi connectivity index (χ4v) is 5.28. The average Bonchev–Trinajstić information content (AvgIpc) is 3.39. The van der Waals surface area contributed by atoms with Gasteiger partial charge in [0.25, 0.3) is 0 Å². The molecule has 0 spiro atoms. The minimum absolute atomic E-state index is 0.173. The predicted molar refractivity (Wildman–Crippen MR) is 93.0 cm³/mol. The average molecular weight is 351 g/mol. The van der Waals surface area contributed by atoms with Crippen LogP contribution in [0.15, 0.2) is 30.4 Å². The Bertz CT molecular complexity index is 837. The first-order chi connectivity index (χ1) is 12.5. The van der Waals surface area contributed by atoms with Gasteiger partial charge in [0.05, 0.1) is 11.8 Å². The molecule has 6 rings (SSSR count). The fraction of sp³-hybridized carbons (Fsp3) is 0.476. The van der Waals surface area contributed by atoms with Crippen LogP contribution in [0.2, 0.25) is 0 Å². The smallest absolute Gasteiger partial charge is 0.331 e. The van der Waals surface area contributed by atoms with Crippen molar-refractivity contribution in [2.45, 2.75) is 20.3 Å². The summed E-state index contributed by atoms with van der Waals surface area (Å²) < 4.78 is 5.44. The van der Waals surface area contributed by atoms with E-state index in [1.807, 2.05) is 26.0 Å². The number of nitrogens with zero attached hydrogens (tertiary/aromatic N) is 1. The van der Waals surface area contributed by atoms with Crippen LogP contribution in [-0.2, 0) is 14.4 Å². The molecule has 0 N–H and O–H groups in total. The number of allylic oxidation sites excluding steroid dienone is 2. The van der Waals surface area contributed by atoms with Gasteiger partial charge in [-0.05, 0) is 61.1 Å². The zero-order chi connectivity index (χ0) is 18.2. The molecular formula is C21H21NO4. The number of imide groups is 1. The van der Waals surface area contributed by atoms with Gasteiger partial charge in [-0.3, -0.25) is 14.5 Å². The lowest BCUT2D eigenvalue weighted by atomic mass is 9.63. The van der Waals surface area contributed by atoms with Crippen LogP contribution in [0.3, 0.4) is 0 Å². The Morgan fingerprint density at radius 1 is 1.08 bits per heavy atom. The first-order valence-corrected chi connectivity index (χ1v) is 9.27. The minimum Gasteiger partial charge on any atom is -0.425 e. The van der Waals surface area contributed by atoms with E-state index in [0.29, 0.717) is 17.6 Å². The van der Waals surface area contributed by atoms with Gasteiger partial charge in [-0.25, -0.2) is 4.79 Å². The Kier molecular flexibility index (Phi) is 3.21. The van der Waals surface area contributed by atoms with E-state index in [9.17, 15) is 14.4 Å². The first-order valence-electron chi connectivity index (χ1n) is 9.27. The molecule has 2 bridgehead atoms. The van der Waals surface area contributed by atoms with E-state index in [0.717, 1.165) is 22.4 Å². The predicted octanol–water partition coefficient (Wildman–Crippen LogP) is 2.26. The zero-order valence-corrected chi connectivity index (χ0v) is 14.8. The third-order valence-corrected chi connectivity index (χ3v) is 6.61. The number of rotatable bonds is 3. The zero-order valence-electron chi connectivity index (χ0n) is 14.8. The Labute approximate surface area is 152 Å². The molecule has 5 heteroatoms. The van der Waals surface area contributed by atoms with Crippen molar-refractivity contribution in [1.29, 1.82) is 0 Å². The summed E-state index contributed by atoms with van der Waals surface area (Å²) in [6, 6.07) is 5.62.